The van der Waals surface area contributed by atoms with Crippen LogP contribution in [0.5, 0.6) is 5.75 Å². The maximum atomic E-state index is 10.3. The SMILES string of the molecule is CC1(O)CC(Nc2nnc(-c3ccc(C#N)cc3O)c3ccccc23)C1. The summed E-state index contributed by atoms with van der Waals surface area (Å²) in [4.78, 5) is 0. The highest BCUT2D eigenvalue weighted by Gasteiger charge is 2.38. The number of nitrogens with one attached hydrogen (secondary N) is 1. The second-order valence-corrected chi connectivity index (χ2v) is 7.03. The molecule has 6 heteroatoms. The van der Waals surface area contributed by atoms with Crippen LogP contribution in [-0.4, -0.2) is 32.1 Å². The molecule has 3 N–H and O–H groups in total. The Kier molecular flexibility index (Phi) is 3.74. The predicted molar refractivity (Wildman–Crippen MR) is 98.6 cm³/mol. The van der Waals surface area contributed by atoms with E-state index in [1.165, 1.54) is 6.07 Å². The molecule has 3 aromatic rings. The van der Waals surface area contributed by atoms with E-state index in [1.54, 1.807) is 12.1 Å². The predicted octanol–water partition coefficient (Wildman–Crippen LogP) is 3.20. The Morgan fingerprint density at radius 2 is 1.88 bits per heavy atom. The number of aromatic nitrogens is 2. The average Bonchev–Trinajstić information content (AvgIpc) is 2.61. The zero-order valence-corrected chi connectivity index (χ0v) is 14.3. The van der Waals surface area contributed by atoms with Crippen LogP contribution in [0.3, 0.4) is 0 Å². The van der Waals surface area contributed by atoms with Gasteiger partial charge in [-0.15, -0.1) is 10.2 Å². The maximum Gasteiger partial charge on any atom is 0.156 e. The molecule has 130 valence electrons. The number of fused-ring (bicyclic) bond motifs is 1. The molecular formula is C20H18N4O2. The molecule has 0 atom stereocenters. The van der Waals surface area contributed by atoms with Gasteiger partial charge in [0.1, 0.15) is 11.4 Å². The second-order valence-electron chi connectivity index (χ2n) is 7.03. The van der Waals surface area contributed by atoms with Crippen molar-refractivity contribution in [2.24, 2.45) is 0 Å². The van der Waals surface area contributed by atoms with Crippen LogP contribution in [0.1, 0.15) is 25.3 Å². The molecule has 0 aliphatic heterocycles. The van der Waals surface area contributed by atoms with Crippen molar-refractivity contribution in [3.63, 3.8) is 0 Å². The Bertz CT molecular complexity index is 1030. The molecule has 1 aliphatic carbocycles. The monoisotopic (exact) mass is 346 g/mol. The number of hydrogen-bond acceptors (Lipinski definition) is 6. The van der Waals surface area contributed by atoms with Crippen LogP contribution in [0.2, 0.25) is 0 Å². The topological polar surface area (TPSA) is 102 Å². The van der Waals surface area contributed by atoms with Gasteiger partial charge in [0, 0.05) is 22.4 Å². The number of phenols is 1. The van der Waals surface area contributed by atoms with E-state index in [2.05, 4.69) is 15.5 Å². The third-order valence-electron chi connectivity index (χ3n) is 4.78. The van der Waals surface area contributed by atoms with Gasteiger partial charge in [-0.1, -0.05) is 24.3 Å². The van der Waals surface area contributed by atoms with E-state index in [0.717, 1.165) is 10.8 Å². The molecule has 1 heterocycles. The summed E-state index contributed by atoms with van der Waals surface area (Å²) in [5.41, 5.74) is 0.869. The van der Waals surface area contributed by atoms with E-state index in [1.807, 2.05) is 37.3 Å². The number of nitriles is 1. The van der Waals surface area contributed by atoms with Crippen LogP contribution in [0, 0.1) is 11.3 Å². The summed E-state index contributed by atoms with van der Waals surface area (Å²) in [5.74, 6) is 0.664. The van der Waals surface area contributed by atoms with Gasteiger partial charge in [-0.2, -0.15) is 5.26 Å². The van der Waals surface area contributed by atoms with E-state index in [9.17, 15) is 10.2 Å². The second kappa shape index (κ2) is 5.97. The molecule has 0 saturated heterocycles. The standard InChI is InChI=1S/C20H18N4O2/c1-20(26)9-13(10-20)22-19-15-5-3-2-4-14(15)18(23-24-19)16-7-6-12(11-21)8-17(16)25/h2-8,13,25-26H,9-10H2,1H3,(H,22,24). The molecule has 0 unspecified atom stereocenters. The van der Waals surface area contributed by atoms with E-state index in [-0.39, 0.29) is 11.8 Å². The van der Waals surface area contributed by atoms with Crippen molar-refractivity contribution in [2.75, 3.05) is 5.32 Å². The Labute approximate surface area is 150 Å². The molecule has 0 amide bonds. The van der Waals surface area contributed by atoms with Crippen LogP contribution < -0.4 is 5.32 Å². The Morgan fingerprint density at radius 3 is 2.54 bits per heavy atom. The van der Waals surface area contributed by atoms with Crippen molar-refractivity contribution in [3.05, 3.63) is 48.0 Å². The summed E-state index contributed by atoms with van der Waals surface area (Å²) in [5, 5.41) is 42.9. The minimum absolute atomic E-state index is 0.000692. The van der Waals surface area contributed by atoms with Crippen molar-refractivity contribution in [1.82, 2.24) is 10.2 Å². The first-order valence-corrected chi connectivity index (χ1v) is 8.45. The van der Waals surface area contributed by atoms with E-state index in [0.29, 0.717) is 35.5 Å². The first kappa shape index (κ1) is 16.3. The first-order valence-electron chi connectivity index (χ1n) is 8.45. The van der Waals surface area contributed by atoms with Gasteiger partial charge in [0.15, 0.2) is 5.82 Å². The van der Waals surface area contributed by atoms with E-state index < -0.39 is 5.60 Å². The number of hydrogen-bond donors (Lipinski definition) is 3. The van der Waals surface area contributed by atoms with Crippen LogP contribution in [-0.2, 0) is 0 Å². The number of benzene rings is 2. The van der Waals surface area contributed by atoms with Crippen LogP contribution >= 0.6 is 0 Å². The Hall–Kier alpha value is -3.17. The maximum absolute atomic E-state index is 10.3. The molecular weight excluding hydrogens is 328 g/mol. The summed E-state index contributed by atoms with van der Waals surface area (Å²) in [6, 6.07) is 14.6. The molecule has 26 heavy (non-hydrogen) atoms. The fourth-order valence-electron chi connectivity index (χ4n) is 3.51. The van der Waals surface area contributed by atoms with Gasteiger partial charge in [0.05, 0.1) is 17.2 Å². The molecule has 0 bridgehead atoms. The molecule has 2 aromatic carbocycles. The largest absolute Gasteiger partial charge is 0.507 e. The van der Waals surface area contributed by atoms with E-state index >= 15 is 0 Å². The number of nitrogens with zero attached hydrogens (tertiary/aromatic N) is 3. The summed E-state index contributed by atoms with van der Waals surface area (Å²) < 4.78 is 0. The lowest BCUT2D eigenvalue weighted by Crippen LogP contribution is -2.48. The van der Waals surface area contributed by atoms with Crippen molar-refractivity contribution in [1.29, 1.82) is 5.26 Å². The zero-order valence-electron chi connectivity index (χ0n) is 14.3. The number of phenolic OH excluding ortho intramolecular Hbond substituents is 1. The lowest BCUT2D eigenvalue weighted by atomic mass is 9.77. The molecule has 1 saturated carbocycles. The van der Waals surface area contributed by atoms with Crippen LogP contribution in [0.15, 0.2) is 42.5 Å². The third kappa shape index (κ3) is 2.83. The highest BCUT2D eigenvalue weighted by Crippen LogP contribution is 2.37. The highest BCUT2D eigenvalue weighted by molar-refractivity contribution is 6.00. The van der Waals surface area contributed by atoms with Gasteiger partial charge in [-0.05, 0) is 38.0 Å². The number of aliphatic hydroxyl groups is 1. The highest BCUT2D eigenvalue weighted by atomic mass is 16.3. The van der Waals surface area contributed by atoms with Crippen molar-refractivity contribution < 1.29 is 10.2 Å². The van der Waals surface area contributed by atoms with Gasteiger partial charge in [-0.25, -0.2) is 0 Å². The average molecular weight is 346 g/mol. The zero-order chi connectivity index (χ0) is 18.3. The van der Waals surface area contributed by atoms with Gasteiger partial charge >= 0.3 is 0 Å². The van der Waals surface area contributed by atoms with Crippen molar-refractivity contribution in [2.45, 2.75) is 31.4 Å². The van der Waals surface area contributed by atoms with E-state index in [4.69, 9.17) is 5.26 Å². The Morgan fingerprint density at radius 1 is 1.15 bits per heavy atom. The molecule has 1 aromatic heterocycles. The molecule has 6 nitrogen and oxygen atoms in total. The molecule has 0 spiro atoms. The molecule has 1 aliphatic rings. The molecule has 4 rings (SSSR count). The third-order valence-corrected chi connectivity index (χ3v) is 4.78. The smallest absolute Gasteiger partial charge is 0.156 e. The molecule has 1 fully saturated rings. The number of aromatic hydroxyl groups is 1. The fourth-order valence-corrected chi connectivity index (χ4v) is 3.51. The van der Waals surface area contributed by atoms with Gasteiger partial charge in [0.25, 0.3) is 0 Å². The number of anilines is 1. The first-order chi connectivity index (χ1) is 12.5. The van der Waals surface area contributed by atoms with Gasteiger partial charge in [0.2, 0.25) is 0 Å². The van der Waals surface area contributed by atoms with Crippen molar-refractivity contribution >= 4 is 16.6 Å². The minimum Gasteiger partial charge on any atom is -0.507 e. The molecule has 0 radical (unpaired) electrons. The lowest BCUT2D eigenvalue weighted by Gasteiger charge is -2.41. The number of rotatable bonds is 3. The normalized spacial score (nSPS) is 21.8. The van der Waals surface area contributed by atoms with Gasteiger partial charge < -0.3 is 15.5 Å². The van der Waals surface area contributed by atoms with Crippen molar-refractivity contribution in [3.8, 4) is 23.1 Å². The van der Waals surface area contributed by atoms with Gasteiger partial charge in [-0.3, -0.25) is 0 Å². The summed E-state index contributed by atoms with van der Waals surface area (Å²) in [6.45, 7) is 1.83. The summed E-state index contributed by atoms with van der Waals surface area (Å²) in [6.07, 6.45) is 1.34. The Balaban J connectivity index is 1.76. The minimum atomic E-state index is -0.616. The fraction of sp³-hybridized carbons (Fsp3) is 0.250. The van der Waals surface area contributed by atoms with Crippen LogP contribution in [0.4, 0.5) is 5.82 Å². The quantitative estimate of drug-likeness (QED) is 0.673. The summed E-state index contributed by atoms with van der Waals surface area (Å²) in [7, 11) is 0. The lowest BCUT2D eigenvalue weighted by molar-refractivity contribution is -0.0235. The van der Waals surface area contributed by atoms with Crippen LogP contribution in [0.25, 0.3) is 22.0 Å². The summed E-state index contributed by atoms with van der Waals surface area (Å²) >= 11 is 0.